The van der Waals surface area contributed by atoms with Crippen molar-refractivity contribution in [1.29, 1.82) is 0 Å². The minimum atomic E-state index is 0.116. The molecule has 1 aliphatic rings. The van der Waals surface area contributed by atoms with Crippen LogP contribution in [-0.2, 0) is 10.8 Å². The van der Waals surface area contributed by atoms with Crippen LogP contribution in [0.3, 0.4) is 0 Å². The highest BCUT2D eigenvalue weighted by Gasteiger charge is 2.37. The molecule has 0 N–H and O–H groups in total. The fraction of sp³-hybridized carbons (Fsp3) is 0.444. The van der Waals surface area contributed by atoms with E-state index in [0.717, 1.165) is 24.8 Å². The molecule has 1 aromatic heterocycles. The Balaban J connectivity index is 2.29. The average molecular weight is 282 g/mol. The normalized spacial score (nSPS) is 19.0. The first-order valence-corrected chi connectivity index (χ1v) is 7.49. The van der Waals surface area contributed by atoms with Gasteiger partial charge < -0.3 is 0 Å². The van der Waals surface area contributed by atoms with E-state index in [1.54, 1.807) is 10.9 Å². The lowest BCUT2D eigenvalue weighted by Gasteiger charge is -2.42. The molecular formula is C18H22N2O. The molecule has 0 atom stereocenters. The first-order chi connectivity index (χ1) is 9.85. The third-order valence-corrected chi connectivity index (χ3v) is 4.88. The first kappa shape index (κ1) is 14.1. The molecule has 1 aromatic carbocycles. The van der Waals surface area contributed by atoms with E-state index in [0.29, 0.717) is 5.56 Å². The van der Waals surface area contributed by atoms with Crippen molar-refractivity contribution in [3.05, 3.63) is 47.3 Å². The summed E-state index contributed by atoms with van der Waals surface area (Å²) in [6.45, 7) is 9.11. The van der Waals surface area contributed by atoms with Crippen molar-refractivity contribution >= 4 is 6.29 Å². The number of carbonyl (C=O) groups is 1. The Kier molecular flexibility index (Phi) is 3.05. The zero-order valence-electron chi connectivity index (χ0n) is 13.2. The highest BCUT2D eigenvalue weighted by Crippen LogP contribution is 2.46. The molecule has 3 nitrogen and oxygen atoms in total. The van der Waals surface area contributed by atoms with Crippen LogP contribution >= 0.6 is 0 Å². The van der Waals surface area contributed by atoms with Gasteiger partial charge in [-0.1, -0.05) is 27.7 Å². The molecular weight excluding hydrogens is 260 g/mol. The van der Waals surface area contributed by atoms with Crippen molar-refractivity contribution in [3.63, 3.8) is 0 Å². The predicted octanol–water partition coefficient (Wildman–Crippen LogP) is 4.03. The highest BCUT2D eigenvalue weighted by atomic mass is 16.1. The molecule has 110 valence electrons. The SMILES string of the molecule is CC1(C)CCC(C)(C)c2cc(-n3cccn3)c(C=O)cc21. The third kappa shape index (κ3) is 2.21. The molecule has 0 saturated carbocycles. The van der Waals surface area contributed by atoms with E-state index < -0.39 is 0 Å². The van der Waals surface area contributed by atoms with Crippen LogP contribution in [0, 0.1) is 0 Å². The number of hydrogen-bond acceptors (Lipinski definition) is 2. The van der Waals surface area contributed by atoms with Gasteiger partial charge in [0.15, 0.2) is 6.29 Å². The lowest BCUT2D eigenvalue weighted by atomic mass is 9.63. The van der Waals surface area contributed by atoms with E-state index in [1.165, 1.54) is 11.1 Å². The van der Waals surface area contributed by atoms with Gasteiger partial charge in [0.25, 0.3) is 0 Å². The maximum absolute atomic E-state index is 11.5. The second-order valence-electron chi connectivity index (χ2n) is 7.29. The number of nitrogens with zero attached hydrogens (tertiary/aromatic N) is 2. The molecule has 21 heavy (non-hydrogen) atoms. The fourth-order valence-electron chi connectivity index (χ4n) is 3.32. The highest BCUT2D eigenvalue weighted by molar-refractivity contribution is 5.82. The lowest BCUT2D eigenvalue weighted by molar-refractivity contribution is 0.112. The Hall–Kier alpha value is -1.90. The quantitative estimate of drug-likeness (QED) is 0.779. The number of carbonyl (C=O) groups excluding carboxylic acids is 1. The molecule has 1 heterocycles. The van der Waals surface area contributed by atoms with E-state index in [2.05, 4.69) is 44.9 Å². The lowest BCUT2D eigenvalue weighted by Crippen LogP contribution is -2.34. The molecule has 3 rings (SSSR count). The van der Waals surface area contributed by atoms with Crippen LogP contribution in [0.4, 0.5) is 0 Å². The summed E-state index contributed by atoms with van der Waals surface area (Å²) in [6.07, 6.45) is 6.87. The van der Waals surface area contributed by atoms with Crippen LogP contribution in [0.1, 0.15) is 62.0 Å². The van der Waals surface area contributed by atoms with Gasteiger partial charge in [0.2, 0.25) is 0 Å². The predicted molar refractivity (Wildman–Crippen MR) is 84.2 cm³/mol. The number of hydrogen-bond donors (Lipinski definition) is 0. The number of aldehydes is 1. The topological polar surface area (TPSA) is 34.9 Å². The molecule has 0 bridgehead atoms. The summed E-state index contributed by atoms with van der Waals surface area (Å²) in [6, 6.07) is 6.11. The first-order valence-electron chi connectivity index (χ1n) is 7.49. The van der Waals surface area contributed by atoms with Gasteiger partial charge in [-0.05, 0) is 53.0 Å². The zero-order chi connectivity index (χ0) is 15.3. The minimum Gasteiger partial charge on any atom is -0.298 e. The zero-order valence-corrected chi connectivity index (χ0v) is 13.2. The summed E-state index contributed by atoms with van der Waals surface area (Å²) in [7, 11) is 0. The van der Waals surface area contributed by atoms with Crippen LogP contribution in [-0.4, -0.2) is 16.1 Å². The molecule has 0 fully saturated rings. The average Bonchev–Trinajstić information content (AvgIpc) is 2.97. The molecule has 0 unspecified atom stereocenters. The molecule has 0 amide bonds. The number of rotatable bonds is 2. The summed E-state index contributed by atoms with van der Waals surface area (Å²) in [4.78, 5) is 11.5. The van der Waals surface area contributed by atoms with Crippen molar-refractivity contribution in [2.45, 2.75) is 51.4 Å². The standard InChI is InChI=1S/C18H22N2O/c1-17(2)6-7-18(3,4)15-11-16(20-9-5-8-19-20)13(12-21)10-14(15)17/h5,8-12H,6-7H2,1-4H3. The van der Waals surface area contributed by atoms with Crippen molar-refractivity contribution < 1.29 is 4.79 Å². The summed E-state index contributed by atoms with van der Waals surface area (Å²) < 4.78 is 1.78. The molecule has 0 aliphatic heterocycles. The van der Waals surface area contributed by atoms with Gasteiger partial charge in [-0.2, -0.15) is 5.10 Å². The van der Waals surface area contributed by atoms with E-state index in [4.69, 9.17) is 0 Å². The van der Waals surface area contributed by atoms with Crippen molar-refractivity contribution in [1.82, 2.24) is 9.78 Å². The van der Waals surface area contributed by atoms with Crippen LogP contribution in [0.2, 0.25) is 0 Å². The van der Waals surface area contributed by atoms with Gasteiger partial charge in [-0.15, -0.1) is 0 Å². The van der Waals surface area contributed by atoms with Gasteiger partial charge in [0.05, 0.1) is 5.69 Å². The van der Waals surface area contributed by atoms with Crippen LogP contribution in [0.5, 0.6) is 0 Å². The summed E-state index contributed by atoms with van der Waals surface area (Å²) in [5, 5.41) is 4.29. The monoisotopic (exact) mass is 282 g/mol. The van der Waals surface area contributed by atoms with E-state index in [-0.39, 0.29) is 10.8 Å². The second-order valence-corrected chi connectivity index (χ2v) is 7.29. The van der Waals surface area contributed by atoms with Crippen molar-refractivity contribution in [3.8, 4) is 5.69 Å². The third-order valence-electron chi connectivity index (χ3n) is 4.88. The Morgan fingerprint density at radius 1 is 1.10 bits per heavy atom. The molecule has 0 saturated heterocycles. The van der Waals surface area contributed by atoms with Crippen LogP contribution in [0.25, 0.3) is 5.69 Å². The molecule has 0 spiro atoms. The van der Waals surface area contributed by atoms with Gasteiger partial charge in [0, 0.05) is 18.0 Å². The van der Waals surface area contributed by atoms with Crippen LogP contribution in [0.15, 0.2) is 30.6 Å². The van der Waals surface area contributed by atoms with Crippen LogP contribution < -0.4 is 0 Å². The number of aromatic nitrogens is 2. The van der Waals surface area contributed by atoms with Gasteiger partial charge in [0.1, 0.15) is 0 Å². The Morgan fingerprint density at radius 2 is 1.71 bits per heavy atom. The fourth-order valence-corrected chi connectivity index (χ4v) is 3.32. The summed E-state index contributed by atoms with van der Waals surface area (Å²) in [5.41, 5.74) is 4.48. The largest absolute Gasteiger partial charge is 0.298 e. The second kappa shape index (κ2) is 4.55. The molecule has 0 radical (unpaired) electrons. The van der Waals surface area contributed by atoms with E-state index in [9.17, 15) is 4.79 Å². The van der Waals surface area contributed by atoms with Gasteiger partial charge in [-0.25, -0.2) is 4.68 Å². The number of benzene rings is 1. The number of fused-ring (bicyclic) bond motifs is 1. The van der Waals surface area contributed by atoms with Crippen molar-refractivity contribution in [2.75, 3.05) is 0 Å². The van der Waals surface area contributed by atoms with Crippen molar-refractivity contribution in [2.24, 2.45) is 0 Å². The minimum absolute atomic E-state index is 0.116. The Labute approximate surface area is 126 Å². The maximum Gasteiger partial charge on any atom is 0.152 e. The Bertz CT molecular complexity index is 681. The van der Waals surface area contributed by atoms with Gasteiger partial charge in [-0.3, -0.25) is 4.79 Å². The van der Waals surface area contributed by atoms with E-state index in [1.807, 2.05) is 12.3 Å². The Morgan fingerprint density at radius 3 is 2.24 bits per heavy atom. The summed E-state index contributed by atoms with van der Waals surface area (Å²) in [5.74, 6) is 0. The summed E-state index contributed by atoms with van der Waals surface area (Å²) >= 11 is 0. The molecule has 3 heteroatoms. The molecule has 1 aliphatic carbocycles. The van der Waals surface area contributed by atoms with E-state index >= 15 is 0 Å². The van der Waals surface area contributed by atoms with Gasteiger partial charge >= 0.3 is 0 Å². The maximum atomic E-state index is 11.5. The molecule has 2 aromatic rings. The smallest absolute Gasteiger partial charge is 0.152 e.